The molecule has 2 unspecified atom stereocenters. The number of carbonyl (C=O) groups excluding carboxylic acids is 4. The molecule has 4 rings (SSSR count). The van der Waals surface area contributed by atoms with Gasteiger partial charge >= 0.3 is 5.97 Å². The van der Waals surface area contributed by atoms with E-state index in [9.17, 15) is 29.4 Å². The first kappa shape index (κ1) is 31.7. The Kier molecular flexibility index (Phi) is 8.89. The number of amides is 1. The van der Waals surface area contributed by atoms with E-state index in [2.05, 4.69) is 10.2 Å². The Morgan fingerprint density at radius 3 is 2.61 bits per heavy atom. The number of Topliss-reactive ketones (excluding diaryl/α,β-unsaturated/α-hetero) is 1. The molecule has 3 saturated carbocycles. The van der Waals surface area contributed by atoms with Gasteiger partial charge in [-0.2, -0.15) is 0 Å². The summed E-state index contributed by atoms with van der Waals surface area (Å²) in [4.78, 5) is 52.9. The Balaban J connectivity index is 1.42. The summed E-state index contributed by atoms with van der Waals surface area (Å²) in [6.07, 6.45) is 5.64. The van der Waals surface area contributed by atoms with Gasteiger partial charge in [-0.3, -0.25) is 34.4 Å². The SMILES string of the molecule is C[C@H]1CC2[C@@H]3CCC4=CC(=O)C=C[C@]4(C)C3(Cl)[C@@H](O)C[C@]2(C)[C@@]1(O)C(=O)COC(=O)CNC(=O)CCCON(O)O. The zero-order chi connectivity index (χ0) is 30.4. The smallest absolute Gasteiger partial charge is 0.325 e. The van der Waals surface area contributed by atoms with E-state index < -0.39 is 69.5 Å². The molecule has 0 aromatic rings. The van der Waals surface area contributed by atoms with Gasteiger partial charge in [0.25, 0.3) is 0 Å². The third kappa shape index (κ3) is 5.17. The van der Waals surface area contributed by atoms with Crippen LogP contribution < -0.4 is 5.32 Å². The van der Waals surface area contributed by atoms with Crippen molar-refractivity contribution < 1.29 is 49.4 Å². The first-order valence-corrected chi connectivity index (χ1v) is 14.3. The van der Waals surface area contributed by atoms with Crippen LogP contribution in [0.4, 0.5) is 0 Å². The topological polar surface area (TPSA) is 183 Å². The molecular weight excluding hydrogens is 560 g/mol. The predicted molar refractivity (Wildman–Crippen MR) is 142 cm³/mol. The molecule has 0 aromatic carbocycles. The summed E-state index contributed by atoms with van der Waals surface area (Å²) < 4.78 is 5.11. The second kappa shape index (κ2) is 11.5. The van der Waals surface area contributed by atoms with E-state index in [0.29, 0.717) is 19.3 Å². The lowest BCUT2D eigenvalue weighted by atomic mass is 9.45. The Morgan fingerprint density at radius 2 is 1.93 bits per heavy atom. The van der Waals surface area contributed by atoms with Crippen LogP contribution in [0.25, 0.3) is 0 Å². The molecule has 4 aliphatic rings. The van der Waals surface area contributed by atoms with E-state index in [0.717, 1.165) is 5.57 Å². The van der Waals surface area contributed by atoms with Crippen molar-refractivity contribution in [3.8, 4) is 0 Å². The van der Waals surface area contributed by atoms with Crippen molar-refractivity contribution in [3.63, 3.8) is 0 Å². The van der Waals surface area contributed by atoms with E-state index in [1.54, 1.807) is 26.0 Å². The van der Waals surface area contributed by atoms with Gasteiger partial charge in [-0.05, 0) is 62.0 Å². The number of aliphatic hydroxyl groups excluding tert-OH is 1. The van der Waals surface area contributed by atoms with Gasteiger partial charge in [0.15, 0.2) is 12.4 Å². The Morgan fingerprint density at radius 1 is 1.22 bits per heavy atom. The normalized spacial score (nSPS) is 39.4. The number of carbonyl (C=O) groups is 4. The van der Waals surface area contributed by atoms with Gasteiger partial charge in [0, 0.05) is 17.3 Å². The molecule has 12 nitrogen and oxygen atoms in total. The van der Waals surface area contributed by atoms with Crippen LogP contribution in [0.1, 0.15) is 59.3 Å². The van der Waals surface area contributed by atoms with Crippen LogP contribution in [0.5, 0.6) is 0 Å². The minimum atomic E-state index is -1.89. The quantitative estimate of drug-likeness (QED) is 0.107. The number of nitrogens with one attached hydrogen (secondary N) is 1. The van der Waals surface area contributed by atoms with Crippen LogP contribution in [0.3, 0.4) is 0 Å². The van der Waals surface area contributed by atoms with Crippen LogP contribution >= 0.6 is 11.6 Å². The number of nitrogens with zero attached hydrogens (tertiary/aromatic N) is 1. The van der Waals surface area contributed by atoms with Crippen LogP contribution in [0.2, 0.25) is 0 Å². The van der Waals surface area contributed by atoms with E-state index in [1.165, 1.54) is 6.08 Å². The van der Waals surface area contributed by atoms with Gasteiger partial charge in [-0.15, -0.1) is 11.6 Å². The maximum Gasteiger partial charge on any atom is 0.325 e. The summed E-state index contributed by atoms with van der Waals surface area (Å²) in [5.74, 6) is -3.11. The van der Waals surface area contributed by atoms with Gasteiger partial charge < -0.3 is 20.3 Å². The number of ether oxygens (including phenoxy) is 1. The number of allylic oxidation sites excluding steroid dienone is 4. The van der Waals surface area contributed by atoms with E-state index in [-0.39, 0.29) is 43.5 Å². The summed E-state index contributed by atoms with van der Waals surface area (Å²) in [7, 11) is 0. The fourth-order valence-corrected chi connectivity index (χ4v) is 8.61. The average Bonchev–Trinajstić information content (AvgIpc) is 3.11. The molecule has 0 spiro atoms. The van der Waals surface area contributed by atoms with Crippen LogP contribution in [0, 0.1) is 28.6 Å². The molecule has 228 valence electrons. The van der Waals surface area contributed by atoms with E-state index in [1.807, 2.05) is 6.92 Å². The zero-order valence-electron chi connectivity index (χ0n) is 23.5. The predicted octanol–water partition coefficient (Wildman–Crippen LogP) is 1.62. The molecule has 0 bridgehead atoms. The molecular formula is C28H39ClN2O10. The lowest BCUT2D eigenvalue weighted by Crippen LogP contribution is -2.69. The Labute approximate surface area is 243 Å². The molecule has 13 heteroatoms. The largest absolute Gasteiger partial charge is 0.456 e. The van der Waals surface area contributed by atoms with Gasteiger partial charge in [0.05, 0.1) is 23.0 Å². The monoisotopic (exact) mass is 598 g/mol. The lowest BCUT2D eigenvalue weighted by molar-refractivity contribution is -0.492. The summed E-state index contributed by atoms with van der Waals surface area (Å²) in [6, 6.07) is 0. The molecule has 0 aliphatic heterocycles. The Hall–Kier alpha value is -2.19. The van der Waals surface area contributed by atoms with Crippen LogP contribution in [-0.4, -0.2) is 85.8 Å². The molecule has 5 N–H and O–H groups in total. The number of esters is 1. The summed E-state index contributed by atoms with van der Waals surface area (Å²) in [5, 5.41) is 42.4. The van der Waals surface area contributed by atoms with Gasteiger partial charge in [0.2, 0.25) is 11.7 Å². The maximum atomic E-state index is 13.5. The molecule has 1 amide bonds. The third-order valence-corrected chi connectivity index (χ3v) is 11.1. The highest BCUT2D eigenvalue weighted by atomic mass is 35.5. The van der Waals surface area contributed by atoms with E-state index >= 15 is 0 Å². The number of fused-ring (bicyclic) bond motifs is 5. The molecule has 0 radical (unpaired) electrons. The number of hydrogen-bond donors (Lipinski definition) is 5. The fourth-order valence-electron chi connectivity index (χ4n) is 8.09. The van der Waals surface area contributed by atoms with Gasteiger partial charge in [-0.1, -0.05) is 32.4 Å². The average molecular weight is 599 g/mol. The van der Waals surface area contributed by atoms with Crippen molar-refractivity contribution in [3.05, 3.63) is 23.8 Å². The van der Waals surface area contributed by atoms with Gasteiger partial charge in [0.1, 0.15) is 12.1 Å². The summed E-state index contributed by atoms with van der Waals surface area (Å²) in [5.41, 5.74) is -2.81. The number of rotatable bonds is 10. The van der Waals surface area contributed by atoms with Gasteiger partial charge in [-0.25, -0.2) is 0 Å². The third-order valence-electron chi connectivity index (χ3n) is 10.2. The molecule has 3 fully saturated rings. The van der Waals surface area contributed by atoms with Crippen LogP contribution in [0.15, 0.2) is 23.8 Å². The second-order valence-corrected chi connectivity index (χ2v) is 12.8. The van der Waals surface area contributed by atoms with Crippen molar-refractivity contribution >= 4 is 35.0 Å². The summed E-state index contributed by atoms with van der Waals surface area (Å²) >= 11 is 7.40. The molecule has 0 heterocycles. The highest BCUT2D eigenvalue weighted by Crippen LogP contribution is 2.71. The first-order valence-electron chi connectivity index (χ1n) is 13.9. The lowest BCUT2D eigenvalue weighted by Gasteiger charge is -2.63. The molecule has 4 aliphatic carbocycles. The zero-order valence-corrected chi connectivity index (χ0v) is 24.2. The molecule has 41 heavy (non-hydrogen) atoms. The van der Waals surface area contributed by atoms with Crippen molar-refractivity contribution in [1.29, 1.82) is 0 Å². The second-order valence-electron chi connectivity index (χ2n) is 12.2. The molecule has 0 aromatic heterocycles. The standard InChI is InChI=1S/C28H39ClN2O10/c1-16-11-20-19-7-6-17-12-18(32)8-9-25(17,2)27(19,29)21(33)13-26(20,3)28(16,37)22(34)15-40-24(36)14-30-23(35)5-4-10-41-31(38)39/h8-9,12,16,19-21,33,37-39H,4-7,10-11,13-15H2,1-3H3,(H,30,35)/t16-,19-,20?,21-,25-,26-,27?,28-/m0/s1. The number of alkyl halides is 1. The summed E-state index contributed by atoms with van der Waals surface area (Å²) in [6.45, 7) is 4.18. The van der Waals surface area contributed by atoms with E-state index in [4.69, 9.17) is 26.8 Å². The van der Waals surface area contributed by atoms with Crippen molar-refractivity contribution in [2.75, 3.05) is 19.8 Å². The van der Waals surface area contributed by atoms with Crippen molar-refractivity contribution in [1.82, 2.24) is 10.7 Å². The minimum absolute atomic E-state index is 0.0486. The highest BCUT2D eigenvalue weighted by molar-refractivity contribution is 6.26. The number of halogens is 1. The number of hydrogen-bond acceptors (Lipinski definition) is 11. The van der Waals surface area contributed by atoms with Crippen LogP contribution in [-0.2, 0) is 28.8 Å². The fraction of sp³-hybridized carbons (Fsp3) is 0.714. The Bertz CT molecular complexity index is 1160. The van der Waals surface area contributed by atoms with Crippen molar-refractivity contribution in [2.24, 2.45) is 28.6 Å². The minimum Gasteiger partial charge on any atom is -0.456 e. The molecule has 8 atom stereocenters. The van der Waals surface area contributed by atoms with Crippen molar-refractivity contribution in [2.45, 2.75) is 75.9 Å². The first-order chi connectivity index (χ1) is 19.1. The molecule has 0 saturated heterocycles. The maximum absolute atomic E-state index is 13.5. The number of ketones is 2. The number of aliphatic hydroxyl groups is 2. The highest BCUT2D eigenvalue weighted by Gasteiger charge is 2.74.